The standard InChI is InChI=1S/C13H12BrN3/c14-11-2-1-3-12-10(11)5-15-13(16-12)17-6-8-4-9(8)7-17/h1-3,5,8-9H,4,6-7H2. The first-order valence-electron chi connectivity index (χ1n) is 5.97. The normalized spacial score (nSPS) is 26.3. The van der Waals surface area contributed by atoms with Gasteiger partial charge < -0.3 is 4.90 Å². The van der Waals surface area contributed by atoms with Gasteiger partial charge in [-0.15, -0.1) is 0 Å². The van der Waals surface area contributed by atoms with Crippen molar-refractivity contribution in [3.63, 3.8) is 0 Å². The number of anilines is 1. The second-order valence-corrected chi connectivity index (χ2v) is 5.86. The maximum Gasteiger partial charge on any atom is 0.225 e. The second-order valence-electron chi connectivity index (χ2n) is 5.00. The third kappa shape index (κ3) is 1.54. The van der Waals surface area contributed by atoms with E-state index in [1.165, 1.54) is 6.42 Å². The van der Waals surface area contributed by atoms with Gasteiger partial charge in [-0.1, -0.05) is 22.0 Å². The highest BCUT2D eigenvalue weighted by molar-refractivity contribution is 9.10. The molecule has 0 radical (unpaired) electrons. The number of rotatable bonds is 1. The summed E-state index contributed by atoms with van der Waals surface area (Å²) in [5.41, 5.74) is 1.02. The quantitative estimate of drug-likeness (QED) is 0.808. The van der Waals surface area contributed by atoms with E-state index in [9.17, 15) is 0 Å². The third-order valence-corrected chi connectivity index (χ3v) is 4.51. The fraction of sp³-hybridized carbons (Fsp3) is 0.385. The zero-order valence-electron chi connectivity index (χ0n) is 9.31. The van der Waals surface area contributed by atoms with E-state index >= 15 is 0 Å². The Bertz CT molecular complexity index is 588. The van der Waals surface area contributed by atoms with Crippen molar-refractivity contribution >= 4 is 32.8 Å². The lowest BCUT2D eigenvalue weighted by atomic mass is 10.2. The van der Waals surface area contributed by atoms with Crippen LogP contribution in [0.15, 0.2) is 28.9 Å². The third-order valence-electron chi connectivity index (χ3n) is 3.82. The number of piperidine rings is 1. The summed E-state index contributed by atoms with van der Waals surface area (Å²) in [7, 11) is 0. The monoisotopic (exact) mass is 289 g/mol. The van der Waals surface area contributed by atoms with Crippen LogP contribution in [0.4, 0.5) is 5.95 Å². The Hall–Kier alpha value is -1.16. The van der Waals surface area contributed by atoms with E-state index in [-0.39, 0.29) is 0 Å². The molecule has 1 aromatic heterocycles. The predicted octanol–water partition coefficient (Wildman–Crippen LogP) is 2.85. The molecule has 1 aromatic carbocycles. The van der Waals surface area contributed by atoms with Gasteiger partial charge in [0.05, 0.1) is 5.52 Å². The minimum atomic E-state index is 0.891. The summed E-state index contributed by atoms with van der Waals surface area (Å²) in [4.78, 5) is 11.5. The molecule has 2 fully saturated rings. The summed E-state index contributed by atoms with van der Waals surface area (Å²) in [6.07, 6.45) is 3.33. The largest absolute Gasteiger partial charge is 0.340 e. The smallest absolute Gasteiger partial charge is 0.225 e. The number of benzene rings is 1. The molecule has 2 unspecified atom stereocenters. The molecular formula is C13H12BrN3. The van der Waals surface area contributed by atoms with Crippen LogP contribution in [0.3, 0.4) is 0 Å². The molecule has 1 saturated carbocycles. The molecule has 1 aliphatic heterocycles. The number of fused-ring (bicyclic) bond motifs is 2. The van der Waals surface area contributed by atoms with E-state index in [0.717, 1.165) is 46.2 Å². The van der Waals surface area contributed by atoms with Crippen LogP contribution in [0.5, 0.6) is 0 Å². The Morgan fingerprint density at radius 2 is 2.06 bits per heavy atom. The number of halogens is 1. The summed E-state index contributed by atoms with van der Waals surface area (Å²) in [5.74, 6) is 2.72. The van der Waals surface area contributed by atoms with Gasteiger partial charge >= 0.3 is 0 Å². The Balaban J connectivity index is 1.77. The van der Waals surface area contributed by atoms with Gasteiger partial charge in [0.1, 0.15) is 0 Å². The number of aromatic nitrogens is 2. The molecule has 86 valence electrons. The topological polar surface area (TPSA) is 29.0 Å². The van der Waals surface area contributed by atoms with Crippen molar-refractivity contribution in [3.8, 4) is 0 Å². The van der Waals surface area contributed by atoms with E-state index < -0.39 is 0 Å². The zero-order chi connectivity index (χ0) is 11.4. The van der Waals surface area contributed by atoms with Crippen molar-refractivity contribution in [1.29, 1.82) is 0 Å². The molecule has 3 nitrogen and oxygen atoms in total. The van der Waals surface area contributed by atoms with Crippen molar-refractivity contribution in [3.05, 3.63) is 28.9 Å². The van der Waals surface area contributed by atoms with Gasteiger partial charge in [-0.05, 0) is 30.4 Å². The van der Waals surface area contributed by atoms with Crippen LogP contribution < -0.4 is 4.90 Å². The molecule has 1 aliphatic carbocycles. The first kappa shape index (κ1) is 9.83. The highest BCUT2D eigenvalue weighted by Gasteiger charge is 2.45. The van der Waals surface area contributed by atoms with Crippen LogP contribution in [-0.2, 0) is 0 Å². The van der Waals surface area contributed by atoms with E-state index in [1.54, 1.807) is 0 Å². The summed E-state index contributed by atoms with van der Waals surface area (Å²) in [6.45, 7) is 2.29. The first-order chi connectivity index (χ1) is 8.31. The fourth-order valence-corrected chi connectivity index (χ4v) is 3.18. The van der Waals surface area contributed by atoms with E-state index in [2.05, 4.69) is 30.8 Å². The van der Waals surface area contributed by atoms with E-state index in [4.69, 9.17) is 0 Å². The average molecular weight is 290 g/mol. The van der Waals surface area contributed by atoms with Gasteiger partial charge in [0.2, 0.25) is 5.95 Å². The van der Waals surface area contributed by atoms with Gasteiger partial charge in [-0.25, -0.2) is 9.97 Å². The molecule has 4 heteroatoms. The minimum absolute atomic E-state index is 0.891. The summed E-state index contributed by atoms with van der Waals surface area (Å²) < 4.78 is 1.06. The Kier molecular flexibility index (Phi) is 1.98. The van der Waals surface area contributed by atoms with Gasteiger partial charge in [-0.2, -0.15) is 0 Å². The summed E-state index contributed by atoms with van der Waals surface area (Å²) >= 11 is 3.53. The molecular weight excluding hydrogens is 278 g/mol. The SMILES string of the molecule is Brc1cccc2nc(N3CC4CC4C3)ncc12. The first-order valence-corrected chi connectivity index (χ1v) is 6.77. The summed E-state index contributed by atoms with van der Waals surface area (Å²) in [5, 5.41) is 1.08. The van der Waals surface area contributed by atoms with Gasteiger partial charge in [0, 0.05) is 29.1 Å². The highest BCUT2D eigenvalue weighted by atomic mass is 79.9. The molecule has 0 spiro atoms. The molecule has 0 amide bonds. The maximum absolute atomic E-state index is 4.66. The summed E-state index contributed by atoms with van der Waals surface area (Å²) in [6, 6.07) is 6.09. The van der Waals surface area contributed by atoms with Crippen molar-refractivity contribution in [2.24, 2.45) is 11.8 Å². The fourth-order valence-electron chi connectivity index (χ4n) is 2.72. The average Bonchev–Trinajstić information content (AvgIpc) is 2.96. The molecule has 0 N–H and O–H groups in total. The van der Waals surface area contributed by atoms with Crippen LogP contribution in [0, 0.1) is 11.8 Å². The minimum Gasteiger partial charge on any atom is -0.340 e. The molecule has 0 bridgehead atoms. The van der Waals surface area contributed by atoms with Gasteiger partial charge in [0.25, 0.3) is 0 Å². The Morgan fingerprint density at radius 3 is 2.88 bits per heavy atom. The van der Waals surface area contributed by atoms with Crippen molar-refractivity contribution in [1.82, 2.24) is 9.97 Å². The molecule has 2 heterocycles. The van der Waals surface area contributed by atoms with Gasteiger partial charge in [0.15, 0.2) is 0 Å². The predicted molar refractivity (Wildman–Crippen MR) is 71.0 cm³/mol. The molecule has 17 heavy (non-hydrogen) atoms. The van der Waals surface area contributed by atoms with Crippen molar-refractivity contribution < 1.29 is 0 Å². The number of hydrogen-bond acceptors (Lipinski definition) is 3. The maximum atomic E-state index is 4.66. The molecule has 2 atom stereocenters. The molecule has 2 aromatic rings. The van der Waals surface area contributed by atoms with Crippen molar-refractivity contribution in [2.45, 2.75) is 6.42 Å². The highest BCUT2D eigenvalue weighted by Crippen LogP contribution is 2.45. The van der Waals surface area contributed by atoms with Crippen LogP contribution in [0.1, 0.15) is 6.42 Å². The lowest BCUT2D eigenvalue weighted by Crippen LogP contribution is -2.23. The van der Waals surface area contributed by atoms with Crippen LogP contribution in [0.2, 0.25) is 0 Å². The van der Waals surface area contributed by atoms with Crippen LogP contribution in [-0.4, -0.2) is 23.1 Å². The van der Waals surface area contributed by atoms with Crippen LogP contribution in [0.25, 0.3) is 10.9 Å². The Labute approximate surface area is 108 Å². The zero-order valence-corrected chi connectivity index (χ0v) is 10.9. The van der Waals surface area contributed by atoms with E-state index in [1.807, 2.05) is 24.4 Å². The number of nitrogens with zero attached hydrogens (tertiary/aromatic N) is 3. The molecule has 1 saturated heterocycles. The molecule has 4 rings (SSSR count). The van der Waals surface area contributed by atoms with Crippen LogP contribution >= 0.6 is 15.9 Å². The Morgan fingerprint density at radius 1 is 1.24 bits per heavy atom. The lowest BCUT2D eigenvalue weighted by Gasteiger charge is -2.17. The van der Waals surface area contributed by atoms with E-state index in [0.29, 0.717) is 0 Å². The lowest BCUT2D eigenvalue weighted by molar-refractivity contribution is 0.790. The molecule has 2 aliphatic rings. The van der Waals surface area contributed by atoms with Gasteiger partial charge in [-0.3, -0.25) is 0 Å². The number of hydrogen-bond donors (Lipinski definition) is 0. The van der Waals surface area contributed by atoms with Crippen molar-refractivity contribution in [2.75, 3.05) is 18.0 Å². The second kappa shape index (κ2) is 3.42.